The monoisotopic (exact) mass is 341 g/mol. The molecule has 0 atom stereocenters. The van der Waals surface area contributed by atoms with Gasteiger partial charge in [-0.2, -0.15) is 0 Å². The normalized spacial score (nSPS) is 15.6. The Morgan fingerprint density at radius 1 is 1.22 bits per heavy atom. The molecule has 7 nitrogen and oxygen atoms in total. The van der Waals surface area contributed by atoms with E-state index in [9.17, 15) is 13.2 Å². The molecule has 1 aromatic rings. The lowest BCUT2D eigenvalue weighted by Crippen LogP contribution is -2.49. The number of piperazine rings is 1. The van der Waals surface area contributed by atoms with Crippen molar-refractivity contribution in [3.63, 3.8) is 0 Å². The highest BCUT2D eigenvalue weighted by molar-refractivity contribution is 7.88. The molecule has 0 unspecified atom stereocenters. The second kappa shape index (κ2) is 7.65. The second-order valence-electron chi connectivity index (χ2n) is 5.46. The summed E-state index contributed by atoms with van der Waals surface area (Å²) in [7, 11) is -1.60. The number of amides is 1. The summed E-state index contributed by atoms with van der Waals surface area (Å²) in [6, 6.07) is 7.82. The van der Waals surface area contributed by atoms with Crippen LogP contribution in [0.5, 0.6) is 5.75 Å². The van der Waals surface area contributed by atoms with E-state index in [0.717, 1.165) is 30.8 Å². The summed E-state index contributed by atoms with van der Waals surface area (Å²) in [5.74, 6) is 0.797. The van der Waals surface area contributed by atoms with Crippen molar-refractivity contribution >= 4 is 21.6 Å². The molecule has 1 heterocycles. The van der Waals surface area contributed by atoms with Crippen molar-refractivity contribution in [1.82, 2.24) is 9.62 Å². The van der Waals surface area contributed by atoms with Crippen molar-refractivity contribution in [2.24, 2.45) is 0 Å². The highest BCUT2D eigenvalue weighted by Crippen LogP contribution is 2.28. The van der Waals surface area contributed by atoms with Crippen LogP contribution in [0, 0.1) is 0 Å². The number of carbonyl (C=O) groups excluding carboxylic acids is 1. The van der Waals surface area contributed by atoms with E-state index in [4.69, 9.17) is 4.74 Å². The molecule has 0 spiro atoms. The maximum Gasteiger partial charge on any atom is 0.224 e. The number of nitrogens with zero attached hydrogens (tertiary/aromatic N) is 2. The van der Waals surface area contributed by atoms with E-state index >= 15 is 0 Å². The number of sulfonamides is 1. The van der Waals surface area contributed by atoms with E-state index in [0.29, 0.717) is 13.1 Å². The fourth-order valence-electron chi connectivity index (χ4n) is 2.59. The molecule has 1 N–H and O–H groups in total. The maximum absolute atomic E-state index is 12.1. The number of carbonyl (C=O) groups is 1. The van der Waals surface area contributed by atoms with Crippen molar-refractivity contribution in [2.75, 3.05) is 51.0 Å². The van der Waals surface area contributed by atoms with E-state index < -0.39 is 10.0 Å². The first kappa shape index (κ1) is 17.6. The molecule has 1 amide bonds. The predicted molar refractivity (Wildman–Crippen MR) is 89.3 cm³/mol. The van der Waals surface area contributed by atoms with Gasteiger partial charge in [0.1, 0.15) is 5.75 Å². The van der Waals surface area contributed by atoms with Gasteiger partial charge in [0, 0.05) is 39.1 Å². The van der Waals surface area contributed by atoms with Gasteiger partial charge in [0.2, 0.25) is 15.9 Å². The van der Waals surface area contributed by atoms with Crippen LogP contribution < -0.4 is 14.4 Å². The molecule has 0 saturated carbocycles. The molecule has 128 valence electrons. The van der Waals surface area contributed by atoms with Crippen LogP contribution in [0.15, 0.2) is 24.3 Å². The number of benzene rings is 1. The standard InChI is InChI=1S/C15H23N3O4S/c1-22-14-6-4-3-5-13(14)17-9-11-18(12-10-17)15(19)7-8-16-23(2,20)21/h3-6,16H,7-12H2,1-2H3. The zero-order valence-electron chi connectivity index (χ0n) is 13.5. The van der Waals surface area contributed by atoms with Crippen molar-refractivity contribution < 1.29 is 17.9 Å². The van der Waals surface area contributed by atoms with Crippen LogP contribution in [-0.2, 0) is 14.8 Å². The fraction of sp³-hybridized carbons (Fsp3) is 0.533. The van der Waals surface area contributed by atoms with Gasteiger partial charge in [-0.25, -0.2) is 13.1 Å². The number of para-hydroxylation sites is 2. The number of methoxy groups -OCH3 is 1. The third-order valence-corrected chi connectivity index (χ3v) is 4.49. The summed E-state index contributed by atoms with van der Waals surface area (Å²) < 4.78 is 29.7. The molecule has 0 radical (unpaired) electrons. The molecule has 1 saturated heterocycles. The van der Waals surface area contributed by atoms with Gasteiger partial charge >= 0.3 is 0 Å². The van der Waals surface area contributed by atoms with E-state index in [1.165, 1.54) is 0 Å². The van der Waals surface area contributed by atoms with Crippen molar-refractivity contribution in [2.45, 2.75) is 6.42 Å². The number of hydrogen-bond donors (Lipinski definition) is 1. The highest BCUT2D eigenvalue weighted by atomic mass is 32.2. The summed E-state index contributed by atoms with van der Waals surface area (Å²) in [4.78, 5) is 16.1. The van der Waals surface area contributed by atoms with E-state index in [1.807, 2.05) is 24.3 Å². The van der Waals surface area contributed by atoms with Crippen molar-refractivity contribution in [1.29, 1.82) is 0 Å². The van der Waals surface area contributed by atoms with Crippen molar-refractivity contribution in [3.8, 4) is 5.75 Å². The van der Waals surface area contributed by atoms with Gasteiger partial charge in [0.15, 0.2) is 0 Å². The quantitative estimate of drug-likeness (QED) is 0.804. The molecule has 1 fully saturated rings. The summed E-state index contributed by atoms with van der Waals surface area (Å²) in [6.07, 6.45) is 1.27. The first-order chi connectivity index (χ1) is 10.9. The number of ether oxygens (including phenoxy) is 1. The molecule has 1 aliphatic heterocycles. The van der Waals surface area contributed by atoms with Crippen LogP contribution in [-0.4, -0.2) is 65.3 Å². The third-order valence-electron chi connectivity index (χ3n) is 3.76. The van der Waals surface area contributed by atoms with E-state index in [-0.39, 0.29) is 18.9 Å². The van der Waals surface area contributed by atoms with Gasteiger partial charge in [-0.1, -0.05) is 12.1 Å². The van der Waals surface area contributed by atoms with Crippen LogP contribution in [0.25, 0.3) is 0 Å². The number of hydrogen-bond acceptors (Lipinski definition) is 5. The van der Waals surface area contributed by atoms with Gasteiger partial charge in [0.25, 0.3) is 0 Å². The van der Waals surface area contributed by atoms with Crippen LogP contribution in [0.4, 0.5) is 5.69 Å². The Labute approximate surface area is 137 Å². The Balaban J connectivity index is 1.85. The van der Waals surface area contributed by atoms with E-state index in [1.54, 1.807) is 12.0 Å². The summed E-state index contributed by atoms with van der Waals surface area (Å²) in [6.45, 7) is 2.84. The fourth-order valence-corrected chi connectivity index (χ4v) is 3.06. The zero-order valence-corrected chi connectivity index (χ0v) is 14.3. The van der Waals surface area contributed by atoms with Gasteiger partial charge in [-0.3, -0.25) is 4.79 Å². The summed E-state index contributed by atoms with van der Waals surface area (Å²) in [5.41, 5.74) is 1.03. The molecule has 23 heavy (non-hydrogen) atoms. The molecule has 0 aliphatic carbocycles. The van der Waals surface area contributed by atoms with E-state index in [2.05, 4.69) is 9.62 Å². The number of anilines is 1. The first-order valence-electron chi connectivity index (χ1n) is 7.51. The van der Waals surface area contributed by atoms with Crippen molar-refractivity contribution in [3.05, 3.63) is 24.3 Å². The Hall–Kier alpha value is -1.80. The van der Waals surface area contributed by atoms with Crippen LogP contribution in [0.2, 0.25) is 0 Å². The summed E-state index contributed by atoms with van der Waals surface area (Å²) in [5, 5.41) is 0. The van der Waals surface area contributed by atoms with Gasteiger partial charge in [0.05, 0.1) is 19.1 Å². The molecular formula is C15H23N3O4S. The molecule has 1 aromatic carbocycles. The highest BCUT2D eigenvalue weighted by Gasteiger charge is 2.22. The average molecular weight is 341 g/mol. The Bertz CT molecular complexity index is 640. The van der Waals surface area contributed by atoms with Gasteiger partial charge < -0.3 is 14.5 Å². The minimum absolute atomic E-state index is 0.0270. The first-order valence-corrected chi connectivity index (χ1v) is 9.40. The minimum Gasteiger partial charge on any atom is -0.495 e. The lowest BCUT2D eigenvalue weighted by molar-refractivity contribution is -0.131. The lowest BCUT2D eigenvalue weighted by atomic mass is 10.2. The molecule has 8 heteroatoms. The smallest absolute Gasteiger partial charge is 0.224 e. The van der Waals surface area contributed by atoms with Crippen LogP contribution in [0.3, 0.4) is 0 Å². The Morgan fingerprint density at radius 2 is 1.87 bits per heavy atom. The second-order valence-corrected chi connectivity index (χ2v) is 7.29. The molecule has 2 rings (SSSR count). The zero-order chi connectivity index (χ0) is 16.9. The SMILES string of the molecule is COc1ccccc1N1CCN(C(=O)CCNS(C)(=O)=O)CC1. The Kier molecular flexibility index (Phi) is 5.84. The average Bonchev–Trinajstić information content (AvgIpc) is 2.53. The molecule has 0 aromatic heterocycles. The maximum atomic E-state index is 12.1. The molecular weight excluding hydrogens is 318 g/mol. The number of rotatable bonds is 6. The van der Waals surface area contributed by atoms with Crippen LogP contribution >= 0.6 is 0 Å². The molecule has 0 bridgehead atoms. The molecule has 1 aliphatic rings. The third kappa shape index (κ3) is 5.11. The minimum atomic E-state index is -3.25. The lowest BCUT2D eigenvalue weighted by Gasteiger charge is -2.36. The van der Waals surface area contributed by atoms with Gasteiger partial charge in [-0.05, 0) is 12.1 Å². The van der Waals surface area contributed by atoms with Crippen LogP contribution in [0.1, 0.15) is 6.42 Å². The number of nitrogens with one attached hydrogen (secondary N) is 1. The topological polar surface area (TPSA) is 79.0 Å². The Morgan fingerprint density at radius 3 is 2.48 bits per heavy atom. The predicted octanol–water partition coefficient (Wildman–Crippen LogP) is 0.283. The van der Waals surface area contributed by atoms with Gasteiger partial charge in [-0.15, -0.1) is 0 Å². The summed E-state index contributed by atoms with van der Waals surface area (Å²) >= 11 is 0. The largest absolute Gasteiger partial charge is 0.495 e.